The molecule has 1 aromatic carbocycles. The van der Waals surface area contributed by atoms with Crippen LogP contribution < -0.4 is 0 Å². The Bertz CT molecular complexity index is 327. The van der Waals surface area contributed by atoms with Gasteiger partial charge in [-0.1, -0.05) is 50.6 Å². The molecule has 1 aliphatic heterocycles. The average Bonchev–Trinajstić information content (AvgIpc) is 2.33. The van der Waals surface area contributed by atoms with Crippen LogP contribution in [0.3, 0.4) is 0 Å². The van der Waals surface area contributed by atoms with E-state index in [1.165, 1.54) is 5.56 Å². The van der Waals surface area contributed by atoms with Crippen molar-refractivity contribution in [2.24, 2.45) is 5.41 Å². The fourth-order valence-corrected chi connectivity index (χ4v) is 2.01. The fraction of sp³-hybridized carbons (Fsp3) is 0.571. The van der Waals surface area contributed by atoms with Crippen molar-refractivity contribution in [1.82, 2.24) is 0 Å². The molecule has 0 amide bonds. The molecule has 17 heavy (non-hydrogen) atoms. The SMILES string of the molecule is CC1(C)COB(CCCc2ccccc2)OC1. The molecule has 1 aromatic rings. The Morgan fingerprint density at radius 3 is 2.41 bits per heavy atom. The lowest BCUT2D eigenvalue weighted by molar-refractivity contribution is 0.0280. The highest BCUT2D eigenvalue weighted by Crippen LogP contribution is 2.23. The normalized spacial score (nSPS) is 19.3. The maximum atomic E-state index is 5.71. The topological polar surface area (TPSA) is 18.5 Å². The van der Waals surface area contributed by atoms with E-state index >= 15 is 0 Å². The van der Waals surface area contributed by atoms with Crippen molar-refractivity contribution in [2.75, 3.05) is 13.2 Å². The fourth-order valence-electron chi connectivity index (χ4n) is 2.01. The Labute approximate surface area is 104 Å². The van der Waals surface area contributed by atoms with E-state index in [0.717, 1.165) is 32.4 Å². The van der Waals surface area contributed by atoms with Crippen LogP contribution in [0.4, 0.5) is 0 Å². The molecule has 3 heteroatoms. The zero-order chi connectivity index (χ0) is 12.1. The third kappa shape index (κ3) is 4.17. The lowest BCUT2D eigenvalue weighted by Gasteiger charge is -2.33. The van der Waals surface area contributed by atoms with Crippen LogP contribution in [0.15, 0.2) is 30.3 Å². The highest BCUT2D eigenvalue weighted by molar-refractivity contribution is 6.44. The summed E-state index contributed by atoms with van der Waals surface area (Å²) in [5.41, 5.74) is 1.57. The molecule has 2 nitrogen and oxygen atoms in total. The van der Waals surface area contributed by atoms with Gasteiger partial charge in [-0.3, -0.25) is 0 Å². The second kappa shape index (κ2) is 5.70. The van der Waals surface area contributed by atoms with Gasteiger partial charge in [0.05, 0.1) is 0 Å². The molecule has 0 bridgehead atoms. The molecule has 1 fully saturated rings. The van der Waals surface area contributed by atoms with Crippen LogP contribution in [0.5, 0.6) is 0 Å². The summed E-state index contributed by atoms with van der Waals surface area (Å²) >= 11 is 0. The van der Waals surface area contributed by atoms with Crippen molar-refractivity contribution in [1.29, 1.82) is 0 Å². The first-order valence-electron chi connectivity index (χ1n) is 6.43. The summed E-state index contributed by atoms with van der Waals surface area (Å²) in [6, 6.07) is 10.6. The lowest BCUT2D eigenvalue weighted by atomic mass is 9.78. The van der Waals surface area contributed by atoms with Gasteiger partial charge in [-0.2, -0.15) is 0 Å². The third-order valence-electron chi connectivity index (χ3n) is 3.07. The highest BCUT2D eigenvalue weighted by Gasteiger charge is 2.31. The quantitative estimate of drug-likeness (QED) is 0.742. The van der Waals surface area contributed by atoms with Gasteiger partial charge in [-0.25, -0.2) is 0 Å². The van der Waals surface area contributed by atoms with Gasteiger partial charge in [0.25, 0.3) is 0 Å². The molecule has 0 unspecified atom stereocenters. The number of aryl methyl sites for hydroxylation is 1. The van der Waals surface area contributed by atoms with Crippen LogP contribution in [0.2, 0.25) is 6.32 Å². The van der Waals surface area contributed by atoms with Crippen molar-refractivity contribution in [2.45, 2.75) is 33.0 Å². The largest absolute Gasteiger partial charge is 0.456 e. The zero-order valence-corrected chi connectivity index (χ0v) is 10.8. The number of rotatable bonds is 4. The molecular weight excluding hydrogens is 211 g/mol. The van der Waals surface area contributed by atoms with E-state index in [0.29, 0.717) is 0 Å². The van der Waals surface area contributed by atoms with Crippen molar-refractivity contribution >= 4 is 7.12 Å². The highest BCUT2D eigenvalue weighted by atomic mass is 16.6. The minimum atomic E-state index is 0.00624. The lowest BCUT2D eigenvalue weighted by Crippen LogP contribution is -2.40. The Kier molecular flexibility index (Phi) is 4.24. The molecule has 0 N–H and O–H groups in total. The third-order valence-corrected chi connectivity index (χ3v) is 3.07. The van der Waals surface area contributed by atoms with Crippen LogP contribution in [-0.4, -0.2) is 20.3 Å². The van der Waals surface area contributed by atoms with Crippen molar-refractivity contribution in [3.8, 4) is 0 Å². The van der Waals surface area contributed by atoms with Gasteiger partial charge in [0.1, 0.15) is 0 Å². The van der Waals surface area contributed by atoms with Crippen LogP contribution in [-0.2, 0) is 15.7 Å². The van der Waals surface area contributed by atoms with E-state index in [-0.39, 0.29) is 12.5 Å². The predicted molar refractivity (Wildman–Crippen MR) is 71.0 cm³/mol. The van der Waals surface area contributed by atoms with E-state index in [9.17, 15) is 0 Å². The Balaban J connectivity index is 1.67. The van der Waals surface area contributed by atoms with E-state index in [4.69, 9.17) is 9.31 Å². The number of benzene rings is 1. The van der Waals surface area contributed by atoms with Gasteiger partial charge in [-0.15, -0.1) is 0 Å². The second-order valence-electron chi connectivity index (χ2n) is 5.59. The summed E-state index contributed by atoms with van der Waals surface area (Å²) in [7, 11) is 0.00624. The predicted octanol–water partition coefficient (Wildman–Crippen LogP) is 3.18. The molecule has 92 valence electrons. The molecular formula is C14H21BO2. The summed E-state index contributed by atoms with van der Waals surface area (Å²) < 4.78 is 11.4. The molecule has 1 aliphatic rings. The van der Waals surface area contributed by atoms with E-state index in [2.05, 4.69) is 44.2 Å². The summed E-state index contributed by atoms with van der Waals surface area (Å²) in [6.45, 7) is 5.96. The molecule has 1 heterocycles. The van der Waals surface area contributed by atoms with Gasteiger partial charge in [0, 0.05) is 18.6 Å². The van der Waals surface area contributed by atoms with Gasteiger partial charge < -0.3 is 9.31 Å². The molecule has 0 spiro atoms. The minimum Gasteiger partial charge on any atom is -0.410 e. The van der Waals surface area contributed by atoms with Gasteiger partial charge in [-0.05, 0) is 18.3 Å². The smallest absolute Gasteiger partial charge is 0.410 e. The van der Waals surface area contributed by atoms with Gasteiger partial charge in [0.15, 0.2) is 0 Å². The molecule has 0 atom stereocenters. The first-order valence-corrected chi connectivity index (χ1v) is 6.43. The average molecular weight is 232 g/mol. The monoisotopic (exact) mass is 232 g/mol. The van der Waals surface area contributed by atoms with Crippen molar-refractivity contribution < 1.29 is 9.31 Å². The molecule has 2 rings (SSSR count). The standard InChI is InChI=1S/C14H21BO2/c1-14(2)11-16-15(17-12-14)10-6-9-13-7-4-3-5-8-13/h3-5,7-8H,6,9-12H2,1-2H3. The summed E-state index contributed by atoms with van der Waals surface area (Å²) in [6.07, 6.45) is 3.22. The summed E-state index contributed by atoms with van der Waals surface area (Å²) in [5.74, 6) is 0. The Morgan fingerprint density at radius 2 is 1.76 bits per heavy atom. The summed E-state index contributed by atoms with van der Waals surface area (Å²) in [4.78, 5) is 0. The summed E-state index contributed by atoms with van der Waals surface area (Å²) in [5, 5.41) is 0. The van der Waals surface area contributed by atoms with Crippen LogP contribution in [0, 0.1) is 5.41 Å². The van der Waals surface area contributed by atoms with E-state index in [1.807, 2.05) is 0 Å². The van der Waals surface area contributed by atoms with E-state index < -0.39 is 0 Å². The Hall–Kier alpha value is -0.795. The second-order valence-corrected chi connectivity index (χ2v) is 5.59. The maximum absolute atomic E-state index is 5.71. The molecule has 0 saturated carbocycles. The van der Waals surface area contributed by atoms with Gasteiger partial charge >= 0.3 is 7.12 Å². The molecule has 0 aliphatic carbocycles. The van der Waals surface area contributed by atoms with Gasteiger partial charge in [0.2, 0.25) is 0 Å². The molecule has 0 aromatic heterocycles. The maximum Gasteiger partial charge on any atom is 0.456 e. The molecule has 0 radical (unpaired) electrons. The first kappa shape index (κ1) is 12.7. The number of hydrogen-bond donors (Lipinski definition) is 0. The van der Waals surface area contributed by atoms with E-state index in [1.54, 1.807) is 0 Å². The Morgan fingerprint density at radius 1 is 1.12 bits per heavy atom. The van der Waals surface area contributed by atoms with Crippen LogP contribution in [0.1, 0.15) is 25.8 Å². The first-order chi connectivity index (χ1) is 8.16. The van der Waals surface area contributed by atoms with Crippen LogP contribution in [0.25, 0.3) is 0 Å². The van der Waals surface area contributed by atoms with Crippen molar-refractivity contribution in [3.63, 3.8) is 0 Å². The van der Waals surface area contributed by atoms with Crippen molar-refractivity contribution in [3.05, 3.63) is 35.9 Å². The van der Waals surface area contributed by atoms with Crippen LogP contribution >= 0.6 is 0 Å². The zero-order valence-electron chi connectivity index (χ0n) is 10.8. The number of hydrogen-bond acceptors (Lipinski definition) is 2. The minimum absolute atomic E-state index is 0.00624. The molecule has 1 saturated heterocycles.